The van der Waals surface area contributed by atoms with Gasteiger partial charge in [-0.1, -0.05) is 6.92 Å². The molecule has 7 heteroatoms. The predicted octanol–water partition coefficient (Wildman–Crippen LogP) is 4.63. The number of carbonyl (C=O) groups excluding carboxylic acids is 1. The third-order valence-electron chi connectivity index (χ3n) is 5.97. The molecule has 0 spiro atoms. The molecule has 1 heterocycles. The summed E-state index contributed by atoms with van der Waals surface area (Å²) in [6.07, 6.45) is 1.70. The van der Waals surface area contributed by atoms with Gasteiger partial charge in [0.05, 0.1) is 23.9 Å². The normalized spacial score (nSPS) is 19.5. The lowest BCUT2D eigenvalue weighted by Crippen LogP contribution is -2.44. The molecular weight excluding hydrogens is 393 g/mol. The molecule has 0 bridgehead atoms. The van der Waals surface area contributed by atoms with Crippen molar-refractivity contribution in [1.82, 2.24) is 10.3 Å². The highest BCUT2D eigenvalue weighted by atomic mass is 19.1. The van der Waals surface area contributed by atoms with E-state index >= 15 is 0 Å². The maximum absolute atomic E-state index is 14.4. The Balaban J connectivity index is 1.67. The van der Waals surface area contributed by atoms with Crippen LogP contribution >= 0.6 is 0 Å². The van der Waals surface area contributed by atoms with Crippen molar-refractivity contribution in [3.05, 3.63) is 59.4 Å². The molecular formula is C23H23F3N2O2. The fourth-order valence-electron chi connectivity index (χ4n) is 4.17. The summed E-state index contributed by atoms with van der Waals surface area (Å²) in [6.45, 7) is 1.77. The molecule has 0 saturated heterocycles. The number of carbonyl (C=O) groups is 1. The van der Waals surface area contributed by atoms with Gasteiger partial charge in [-0.2, -0.15) is 0 Å². The van der Waals surface area contributed by atoms with Gasteiger partial charge in [-0.05, 0) is 66.6 Å². The third kappa shape index (κ3) is 3.69. The van der Waals surface area contributed by atoms with Crippen molar-refractivity contribution in [2.75, 3.05) is 6.61 Å². The van der Waals surface area contributed by atoms with Gasteiger partial charge in [-0.15, -0.1) is 0 Å². The van der Waals surface area contributed by atoms with Gasteiger partial charge in [0.2, 0.25) is 5.91 Å². The van der Waals surface area contributed by atoms with E-state index in [0.29, 0.717) is 35.9 Å². The van der Waals surface area contributed by atoms with Crippen LogP contribution in [0.5, 0.6) is 0 Å². The van der Waals surface area contributed by atoms with Gasteiger partial charge in [-0.25, -0.2) is 13.2 Å². The molecule has 0 aliphatic heterocycles. The monoisotopic (exact) mass is 416 g/mol. The zero-order valence-electron chi connectivity index (χ0n) is 16.5. The zero-order valence-corrected chi connectivity index (χ0v) is 16.5. The van der Waals surface area contributed by atoms with Crippen molar-refractivity contribution in [1.29, 1.82) is 0 Å². The van der Waals surface area contributed by atoms with Crippen LogP contribution in [-0.2, 0) is 4.79 Å². The molecule has 4 rings (SSSR count). The fourth-order valence-corrected chi connectivity index (χ4v) is 4.17. The Labute approximate surface area is 172 Å². The number of nitrogens with one attached hydrogen (secondary N) is 2. The number of hydrogen-bond donors (Lipinski definition) is 3. The maximum atomic E-state index is 14.4. The molecule has 1 aliphatic rings. The minimum atomic E-state index is -0.693. The van der Waals surface area contributed by atoms with Crippen molar-refractivity contribution >= 4 is 16.8 Å². The molecule has 0 unspecified atom stereocenters. The standard InChI is InChI=1S/C23H23F3N2O2/c1-2-17(11-29)27-23(30)14-7-13(8-14)20-18-9-16(25)10-19(26)22(18)28-21(20)12-3-5-15(24)6-4-12/h3-6,9-10,13-14,17,28-29H,2,7-8,11H2,1H3,(H,27,30)/t13?,14?,17-/m1/s1. The SMILES string of the molecule is CC[C@H](CO)NC(=O)C1CC(c2c(-c3ccc(F)cc3)[nH]c3c(F)cc(F)cc23)C1. The lowest BCUT2D eigenvalue weighted by Gasteiger charge is -2.35. The smallest absolute Gasteiger partial charge is 0.223 e. The number of benzene rings is 2. The van der Waals surface area contributed by atoms with Gasteiger partial charge in [0.1, 0.15) is 17.5 Å². The Morgan fingerprint density at radius 2 is 1.87 bits per heavy atom. The van der Waals surface area contributed by atoms with Gasteiger partial charge in [-0.3, -0.25) is 4.79 Å². The molecule has 4 nitrogen and oxygen atoms in total. The first-order valence-corrected chi connectivity index (χ1v) is 10.1. The first kappa shape index (κ1) is 20.5. The summed E-state index contributed by atoms with van der Waals surface area (Å²) in [5.41, 5.74) is 2.22. The Hall–Kier alpha value is -2.80. The third-order valence-corrected chi connectivity index (χ3v) is 5.97. The number of aliphatic hydroxyl groups is 1. The minimum absolute atomic E-state index is 0.0649. The highest BCUT2D eigenvalue weighted by Crippen LogP contribution is 2.48. The molecule has 2 aromatic carbocycles. The first-order valence-electron chi connectivity index (χ1n) is 10.1. The van der Waals surface area contributed by atoms with Crippen LogP contribution in [0.1, 0.15) is 37.7 Å². The highest BCUT2D eigenvalue weighted by molar-refractivity contribution is 5.92. The van der Waals surface area contributed by atoms with E-state index in [1.54, 1.807) is 12.1 Å². The molecule has 3 N–H and O–H groups in total. The number of fused-ring (bicyclic) bond motifs is 1. The van der Waals surface area contributed by atoms with Gasteiger partial charge >= 0.3 is 0 Å². The molecule has 1 amide bonds. The van der Waals surface area contributed by atoms with Crippen LogP contribution in [0.2, 0.25) is 0 Å². The molecule has 1 aliphatic carbocycles. The van der Waals surface area contributed by atoms with E-state index in [9.17, 15) is 23.1 Å². The van der Waals surface area contributed by atoms with Crippen LogP contribution in [0.3, 0.4) is 0 Å². The Kier molecular flexibility index (Phi) is 5.56. The van der Waals surface area contributed by atoms with E-state index in [1.807, 2.05) is 6.92 Å². The Morgan fingerprint density at radius 1 is 1.17 bits per heavy atom. The number of aliphatic hydroxyl groups excluding tert-OH is 1. The second-order valence-electron chi connectivity index (χ2n) is 7.89. The summed E-state index contributed by atoms with van der Waals surface area (Å²) in [7, 11) is 0. The number of aromatic amines is 1. The largest absolute Gasteiger partial charge is 0.394 e. The second-order valence-corrected chi connectivity index (χ2v) is 7.89. The van der Waals surface area contributed by atoms with Crippen LogP contribution in [0.4, 0.5) is 13.2 Å². The number of hydrogen-bond acceptors (Lipinski definition) is 2. The van der Waals surface area contributed by atoms with E-state index in [1.165, 1.54) is 18.2 Å². The van der Waals surface area contributed by atoms with Crippen molar-refractivity contribution in [3.8, 4) is 11.3 Å². The lowest BCUT2D eigenvalue weighted by molar-refractivity contribution is -0.129. The van der Waals surface area contributed by atoms with Crippen LogP contribution < -0.4 is 5.32 Å². The number of halogens is 3. The van der Waals surface area contributed by atoms with Gasteiger partial charge in [0.25, 0.3) is 0 Å². The maximum Gasteiger partial charge on any atom is 0.223 e. The first-order chi connectivity index (χ1) is 14.4. The van der Waals surface area contributed by atoms with Gasteiger partial charge < -0.3 is 15.4 Å². The zero-order chi connectivity index (χ0) is 21.4. The van der Waals surface area contributed by atoms with E-state index in [-0.39, 0.29) is 41.7 Å². The van der Waals surface area contributed by atoms with Gasteiger partial charge in [0, 0.05) is 17.4 Å². The van der Waals surface area contributed by atoms with Crippen LogP contribution in [0, 0.1) is 23.4 Å². The molecule has 3 aromatic rings. The average Bonchev–Trinajstić information content (AvgIpc) is 3.05. The van der Waals surface area contributed by atoms with Crippen LogP contribution in [-0.4, -0.2) is 28.6 Å². The van der Waals surface area contributed by atoms with E-state index in [0.717, 1.165) is 11.6 Å². The molecule has 30 heavy (non-hydrogen) atoms. The van der Waals surface area contributed by atoms with E-state index < -0.39 is 11.6 Å². The summed E-state index contributed by atoms with van der Waals surface area (Å²) in [4.78, 5) is 15.5. The number of aromatic nitrogens is 1. The van der Waals surface area contributed by atoms with Crippen molar-refractivity contribution in [2.24, 2.45) is 5.92 Å². The second kappa shape index (κ2) is 8.14. The van der Waals surface area contributed by atoms with Crippen molar-refractivity contribution < 1.29 is 23.1 Å². The van der Waals surface area contributed by atoms with Crippen molar-refractivity contribution in [2.45, 2.75) is 38.1 Å². The quantitative estimate of drug-likeness (QED) is 0.548. The highest BCUT2D eigenvalue weighted by Gasteiger charge is 2.38. The van der Waals surface area contributed by atoms with E-state index in [4.69, 9.17) is 0 Å². The molecule has 1 atom stereocenters. The molecule has 1 fully saturated rings. The summed E-state index contributed by atoms with van der Waals surface area (Å²) in [5.74, 6) is -2.16. The Bertz CT molecular complexity index is 1070. The van der Waals surface area contributed by atoms with Crippen LogP contribution in [0.15, 0.2) is 36.4 Å². The summed E-state index contributed by atoms with van der Waals surface area (Å²) in [6, 6.07) is 7.66. The molecule has 1 aromatic heterocycles. The summed E-state index contributed by atoms with van der Waals surface area (Å²) in [5, 5.41) is 12.6. The summed E-state index contributed by atoms with van der Waals surface area (Å²) >= 11 is 0. The predicted molar refractivity (Wildman–Crippen MR) is 108 cm³/mol. The Morgan fingerprint density at radius 3 is 2.50 bits per heavy atom. The van der Waals surface area contributed by atoms with Crippen LogP contribution in [0.25, 0.3) is 22.2 Å². The summed E-state index contributed by atoms with van der Waals surface area (Å²) < 4.78 is 41.8. The molecule has 1 saturated carbocycles. The topological polar surface area (TPSA) is 65.1 Å². The number of H-pyrrole nitrogens is 1. The van der Waals surface area contributed by atoms with Gasteiger partial charge in [0.15, 0.2) is 0 Å². The lowest BCUT2D eigenvalue weighted by atomic mass is 9.69. The fraction of sp³-hybridized carbons (Fsp3) is 0.348. The molecule has 158 valence electrons. The average molecular weight is 416 g/mol. The number of amides is 1. The number of rotatable bonds is 6. The molecule has 0 radical (unpaired) electrons. The van der Waals surface area contributed by atoms with E-state index in [2.05, 4.69) is 10.3 Å². The van der Waals surface area contributed by atoms with Crippen molar-refractivity contribution in [3.63, 3.8) is 0 Å². The minimum Gasteiger partial charge on any atom is -0.394 e.